The molecule has 0 bridgehead atoms. The summed E-state index contributed by atoms with van der Waals surface area (Å²) in [7, 11) is 1.77. The van der Waals surface area contributed by atoms with Crippen LogP contribution in [0.3, 0.4) is 0 Å². The maximum atomic E-state index is 12.0. The summed E-state index contributed by atoms with van der Waals surface area (Å²) in [5, 5.41) is 0.750. The highest BCUT2D eigenvalue weighted by molar-refractivity contribution is 9.10. The summed E-state index contributed by atoms with van der Waals surface area (Å²) in [6, 6.07) is 3.74. The molecule has 0 N–H and O–H groups in total. The average molecular weight is 336 g/mol. The van der Waals surface area contributed by atoms with Crippen LogP contribution < -0.4 is 0 Å². The first kappa shape index (κ1) is 12.6. The van der Waals surface area contributed by atoms with Crippen LogP contribution in [-0.4, -0.2) is 34.2 Å². The second kappa shape index (κ2) is 5.61. The Morgan fingerprint density at radius 1 is 1.67 bits per heavy atom. The van der Waals surface area contributed by atoms with Crippen LogP contribution in [0.15, 0.2) is 22.8 Å². The maximum absolute atomic E-state index is 12.0. The highest BCUT2D eigenvalue weighted by atomic mass is 79.9. The predicted octanol–water partition coefficient (Wildman–Crippen LogP) is 2.70. The zero-order valence-corrected chi connectivity index (χ0v) is 11.7. The molecule has 0 spiro atoms. The monoisotopic (exact) mass is 334 g/mol. The molecular formula is C10H12Br2N2O. The van der Waals surface area contributed by atoms with E-state index < -0.39 is 0 Å². The van der Waals surface area contributed by atoms with Gasteiger partial charge in [-0.2, -0.15) is 0 Å². The predicted molar refractivity (Wildman–Crippen MR) is 67.3 cm³/mol. The highest BCUT2D eigenvalue weighted by Crippen LogP contribution is 2.16. The second-order valence-corrected chi connectivity index (χ2v) is 4.76. The largest absolute Gasteiger partial charge is 0.337 e. The number of pyridine rings is 1. The zero-order chi connectivity index (χ0) is 11.4. The minimum absolute atomic E-state index is 0.0746. The van der Waals surface area contributed by atoms with Gasteiger partial charge >= 0.3 is 0 Å². The molecule has 0 fully saturated rings. The second-order valence-electron chi connectivity index (χ2n) is 3.25. The van der Waals surface area contributed by atoms with Gasteiger partial charge in [-0.25, -0.2) is 4.98 Å². The van der Waals surface area contributed by atoms with Gasteiger partial charge in [0.05, 0.1) is 0 Å². The lowest BCUT2D eigenvalue weighted by atomic mass is 10.3. The third kappa shape index (κ3) is 3.01. The Morgan fingerprint density at radius 2 is 2.33 bits per heavy atom. The van der Waals surface area contributed by atoms with Gasteiger partial charge in [0.25, 0.3) is 5.91 Å². The Balaban J connectivity index is 2.90. The van der Waals surface area contributed by atoms with Crippen molar-refractivity contribution in [1.82, 2.24) is 9.88 Å². The standard InChI is InChI=1S/C10H12Br2N2O/c1-7(6-11)14(2)10(15)9-8(12)4-3-5-13-9/h3-5,7H,6H2,1-2H3. The number of hydrogen-bond acceptors (Lipinski definition) is 2. The van der Waals surface area contributed by atoms with Crippen LogP contribution in [0.25, 0.3) is 0 Å². The summed E-state index contributed by atoms with van der Waals surface area (Å²) >= 11 is 6.66. The van der Waals surface area contributed by atoms with Crippen molar-refractivity contribution in [2.24, 2.45) is 0 Å². The van der Waals surface area contributed by atoms with Gasteiger partial charge in [0.2, 0.25) is 0 Å². The van der Waals surface area contributed by atoms with Crippen LogP contribution in [0.5, 0.6) is 0 Å². The number of nitrogens with zero attached hydrogens (tertiary/aromatic N) is 2. The molecule has 5 heteroatoms. The first-order valence-electron chi connectivity index (χ1n) is 4.51. The molecule has 0 aromatic carbocycles. The molecular weight excluding hydrogens is 324 g/mol. The summed E-state index contributed by atoms with van der Waals surface area (Å²) in [5.41, 5.74) is 0.452. The van der Waals surface area contributed by atoms with Gasteiger partial charge in [0.1, 0.15) is 5.69 Å². The number of aromatic nitrogens is 1. The first-order chi connectivity index (χ1) is 7.07. The number of carbonyl (C=O) groups is 1. The van der Waals surface area contributed by atoms with Crippen LogP contribution in [0, 0.1) is 0 Å². The summed E-state index contributed by atoms with van der Waals surface area (Å²) in [5.74, 6) is -0.0746. The van der Waals surface area contributed by atoms with E-state index in [-0.39, 0.29) is 11.9 Å². The highest BCUT2D eigenvalue weighted by Gasteiger charge is 2.19. The topological polar surface area (TPSA) is 33.2 Å². The first-order valence-corrected chi connectivity index (χ1v) is 6.43. The number of carbonyl (C=O) groups excluding carboxylic acids is 1. The Kier molecular flexibility index (Phi) is 4.73. The lowest BCUT2D eigenvalue weighted by molar-refractivity contribution is 0.0751. The number of amides is 1. The SMILES string of the molecule is CC(CBr)N(C)C(=O)c1ncccc1Br. The number of alkyl halides is 1. The van der Waals surface area contributed by atoms with Crippen LogP contribution in [-0.2, 0) is 0 Å². The molecule has 1 aromatic rings. The summed E-state index contributed by atoms with van der Waals surface area (Å²) < 4.78 is 0.726. The van der Waals surface area contributed by atoms with E-state index >= 15 is 0 Å². The number of halogens is 2. The quantitative estimate of drug-likeness (QED) is 0.796. The third-order valence-corrected chi connectivity index (χ3v) is 3.74. The van der Waals surface area contributed by atoms with Crippen molar-refractivity contribution < 1.29 is 4.79 Å². The Hall–Kier alpha value is -0.420. The molecule has 82 valence electrons. The van der Waals surface area contributed by atoms with Gasteiger partial charge in [-0.15, -0.1) is 0 Å². The van der Waals surface area contributed by atoms with Gasteiger partial charge in [0, 0.05) is 29.1 Å². The molecule has 0 saturated carbocycles. The molecule has 1 unspecified atom stereocenters. The fourth-order valence-electron chi connectivity index (χ4n) is 1.01. The van der Waals surface area contributed by atoms with Gasteiger partial charge in [-0.05, 0) is 35.0 Å². The van der Waals surface area contributed by atoms with Crippen molar-refractivity contribution in [3.05, 3.63) is 28.5 Å². The average Bonchev–Trinajstić information content (AvgIpc) is 2.26. The fourth-order valence-corrected chi connectivity index (χ4v) is 1.87. The van der Waals surface area contributed by atoms with Crippen molar-refractivity contribution >= 4 is 37.8 Å². The molecule has 0 radical (unpaired) electrons. The van der Waals surface area contributed by atoms with Crippen molar-refractivity contribution in [2.45, 2.75) is 13.0 Å². The van der Waals surface area contributed by atoms with E-state index in [2.05, 4.69) is 36.8 Å². The van der Waals surface area contributed by atoms with E-state index in [1.54, 1.807) is 24.2 Å². The van der Waals surface area contributed by atoms with Crippen molar-refractivity contribution in [3.8, 4) is 0 Å². The van der Waals surface area contributed by atoms with Gasteiger partial charge in [-0.3, -0.25) is 4.79 Å². The minimum Gasteiger partial charge on any atom is -0.337 e. The van der Waals surface area contributed by atoms with Crippen LogP contribution in [0.4, 0.5) is 0 Å². The zero-order valence-electron chi connectivity index (χ0n) is 8.58. The van der Waals surface area contributed by atoms with E-state index in [1.165, 1.54) is 0 Å². The van der Waals surface area contributed by atoms with E-state index in [9.17, 15) is 4.79 Å². The number of rotatable bonds is 3. The van der Waals surface area contributed by atoms with Crippen molar-refractivity contribution in [3.63, 3.8) is 0 Å². The van der Waals surface area contributed by atoms with E-state index in [1.807, 2.05) is 13.0 Å². The summed E-state index contributed by atoms with van der Waals surface area (Å²) in [6.07, 6.45) is 1.62. The van der Waals surface area contributed by atoms with Gasteiger partial charge < -0.3 is 4.90 Å². The minimum atomic E-state index is -0.0746. The van der Waals surface area contributed by atoms with Gasteiger partial charge in [0.15, 0.2) is 0 Å². The molecule has 1 atom stereocenters. The number of hydrogen-bond donors (Lipinski definition) is 0. The summed E-state index contributed by atoms with van der Waals surface area (Å²) in [4.78, 5) is 17.7. The molecule has 1 aromatic heterocycles. The Labute approximate surface area is 106 Å². The smallest absolute Gasteiger partial charge is 0.273 e. The molecule has 1 heterocycles. The molecule has 15 heavy (non-hydrogen) atoms. The lowest BCUT2D eigenvalue weighted by Gasteiger charge is -2.23. The third-order valence-electron chi connectivity index (χ3n) is 2.17. The van der Waals surface area contributed by atoms with Crippen molar-refractivity contribution in [1.29, 1.82) is 0 Å². The van der Waals surface area contributed by atoms with E-state index in [4.69, 9.17) is 0 Å². The van der Waals surface area contributed by atoms with Crippen LogP contribution in [0.2, 0.25) is 0 Å². The summed E-state index contributed by atoms with van der Waals surface area (Å²) in [6.45, 7) is 1.98. The Bertz CT molecular complexity index is 357. The van der Waals surface area contributed by atoms with Crippen LogP contribution in [0.1, 0.15) is 17.4 Å². The maximum Gasteiger partial charge on any atom is 0.273 e. The molecule has 0 saturated heterocycles. The van der Waals surface area contributed by atoms with Crippen molar-refractivity contribution in [2.75, 3.05) is 12.4 Å². The fraction of sp³-hybridized carbons (Fsp3) is 0.400. The molecule has 1 rings (SSSR count). The Morgan fingerprint density at radius 3 is 2.87 bits per heavy atom. The molecule has 0 aliphatic heterocycles. The van der Waals surface area contributed by atoms with Gasteiger partial charge in [-0.1, -0.05) is 15.9 Å². The van der Waals surface area contributed by atoms with E-state index in [0.717, 1.165) is 9.80 Å². The van der Waals surface area contributed by atoms with E-state index in [0.29, 0.717) is 5.69 Å². The normalized spacial score (nSPS) is 12.3. The molecule has 3 nitrogen and oxygen atoms in total. The molecule has 0 aliphatic carbocycles. The molecule has 0 aliphatic rings. The molecule has 1 amide bonds. The van der Waals surface area contributed by atoms with Crippen LogP contribution >= 0.6 is 31.9 Å². The lowest BCUT2D eigenvalue weighted by Crippen LogP contribution is -2.36.